The largest absolute Gasteiger partial charge is 0.376 e. The van der Waals surface area contributed by atoms with Crippen LogP contribution in [0.1, 0.15) is 37.2 Å². The van der Waals surface area contributed by atoms with E-state index in [1.54, 1.807) is 16.4 Å². The van der Waals surface area contributed by atoms with Crippen LogP contribution >= 0.6 is 24.0 Å². The van der Waals surface area contributed by atoms with Crippen LogP contribution in [-0.4, -0.2) is 52.0 Å². The third kappa shape index (κ3) is 4.66. The van der Waals surface area contributed by atoms with Crippen molar-refractivity contribution in [1.82, 2.24) is 39.3 Å². The normalized spacial score (nSPS) is 17.0. The number of ether oxygens (including phenoxy) is 1. The fraction of sp³-hybridized carbons (Fsp3) is 0.409. The van der Waals surface area contributed by atoms with E-state index < -0.39 is 0 Å². The smallest absolute Gasteiger partial charge is 0.195 e. The highest BCUT2D eigenvalue weighted by Crippen LogP contribution is 2.29. The summed E-state index contributed by atoms with van der Waals surface area (Å²) in [5.41, 5.74) is 1.98. The van der Waals surface area contributed by atoms with Crippen molar-refractivity contribution in [1.29, 1.82) is 0 Å². The summed E-state index contributed by atoms with van der Waals surface area (Å²) in [6.45, 7) is 3.64. The fourth-order valence-electron chi connectivity index (χ4n) is 4.12. The maximum absolute atomic E-state index is 5.90. The van der Waals surface area contributed by atoms with E-state index in [9.17, 15) is 0 Å². The van der Waals surface area contributed by atoms with Gasteiger partial charge in [0.05, 0.1) is 24.4 Å². The van der Waals surface area contributed by atoms with Gasteiger partial charge in [-0.3, -0.25) is 18.9 Å². The van der Waals surface area contributed by atoms with Gasteiger partial charge in [-0.2, -0.15) is 10.2 Å². The summed E-state index contributed by atoms with van der Waals surface area (Å²) in [6.07, 6.45) is 4.20. The van der Waals surface area contributed by atoms with E-state index in [2.05, 4.69) is 53.7 Å². The Bertz CT molecular complexity index is 1270. The van der Waals surface area contributed by atoms with Crippen molar-refractivity contribution in [3.8, 4) is 11.5 Å². The first-order valence-corrected chi connectivity index (χ1v) is 12.4. The number of nitrogens with one attached hydrogen (secondary N) is 1. The molecule has 5 rings (SSSR count). The van der Waals surface area contributed by atoms with Crippen LogP contribution in [0.2, 0.25) is 0 Å². The van der Waals surface area contributed by atoms with Crippen molar-refractivity contribution in [3.05, 3.63) is 58.8 Å². The molecule has 11 heteroatoms. The minimum Gasteiger partial charge on any atom is -0.376 e. The fourth-order valence-corrected chi connectivity index (χ4v) is 5.31. The summed E-state index contributed by atoms with van der Waals surface area (Å²) < 4.78 is 12.5. The number of aryl methyl sites for hydroxylation is 1. The van der Waals surface area contributed by atoms with Gasteiger partial charge < -0.3 is 4.74 Å². The highest BCUT2D eigenvalue weighted by molar-refractivity contribution is 7.98. The number of thioether (sulfide) groups is 1. The van der Waals surface area contributed by atoms with E-state index in [0.29, 0.717) is 17.1 Å². The van der Waals surface area contributed by atoms with Gasteiger partial charge >= 0.3 is 0 Å². The highest BCUT2D eigenvalue weighted by Gasteiger charge is 2.23. The number of hydrogen-bond donors (Lipinski definition) is 1. The van der Waals surface area contributed by atoms with Crippen LogP contribution in [0.3, 0.4) is 0 Å². The van der Waals surface area contributed by atoms with E-state index in [1.807, 2.05) is 37.5 Å². The second-order valence-electron chi connectivity index (χ2n) is 8.12. The molecule has 1 aliphatic heterocycles. The summed E-state index contributed by atoms with van der Waals surface area (Å²) >= 11 is 7.14. The SMILES string of the molecule is C[C@@H](c1ccccc1)n1c(CSc2nnc(-c3ccn(C)n3)n2C[C@@H]2CCCO2)n[nH]c1=S. The predicted octanol–water partition coefficient (Wildman–Crippen LogP) is 4.01. The first-order valence-electron chi connectivity index (χ1n) is 11.0. The van der Waals surface area contributed by atoms with Crippen molar-refractivity contribution >= 4 is 24.0 Å². The predicted molar refractivity (Wildman–Crippen MR) is 128 cm³/mol. The third-order valence-corrected chi connectivity index (χ3v) is 7.10. The van der Waals surface area contributed by atoms with E-state index in [4.69, 9.17) is 17.0 Å². The molecular weight excluding hydrogens is 456 g/mol. The molecule has 3 aromatic heterocycles. The van der Waals surface area contributed by atoms with Gasteiger partial charge in [-0.15, -0.1) is 10.2 Å². The van der Waals surface area contributed by atoms with Crippen molar-refractivity contribution in [2.24, 2.45) is 7.05 Å². The van der Waals surface area contributed by atoms with Gasteiger partial charge in [0, 0.05) is 19.9 Å². The van der Waals surface area contributed by atoms with Gasteiger partial charge in [-0.25, -0.2) is 0 Å². The summed E-state index contributed by atoms with van der Waals surface area (Å²) in [5, 5.41) is 21.8. The Morgan fingerprint density at radius 2 is 2.09 bits per heavy atom. The summed E-state index contributed by atoms with van der Waals surface area (Å²) in [6, 6.07) is 12.3. The van der Waals surface area contributed by atoms with Crippen LogP contribution in [0.4, 0.5) is 0 Å². The van der Waals surface area contributed by atoms with E-state index in [-0.39, 0.29) is 12.1 Å². The second kappa shape index (κ2) is 9.62. The molecule has 0 unspecified atom stereocenters. The van der Waals surface area contributed by atoms with E-state index >= 15 is 0 Å². The summed E-state index contributed by atoms with van der Waals surface area (Å²) in [7, 11) is 1.90. The molecule has 0 radical (unpaired) electrons. The molecule has 172 valence electrons. The van der Waals surface area contributed by atoms with Crippen molar-refractivity contribution in [2.75, 3.05) is 6.61 Å². The Kier molecular flexibility index (Phi) is 6.43. The number of aromatic nitrogens is 8. The molecule has 1 fully saturated rings. The first-order chi connectivity index (χ1) is 16.1. The molecule has 1 N–H and O–H groups in total. The zero-order valence-corrected chi connectivity index (χ0v) is 20.2. The second-order valence-corrected chi connectivity index (χ2v) is 9.45. The molecule has 0 aliphatic carbocycles. The lowest BCUT2D eigenvalue weighted by molar-refractivity contribution is 0.0953. The maximum atomic E-state index is 5.90. The van der Waals surface area contributed by atoms with Crippen LogP contribution in [0, 0.1) is 4.77 Å². The number of nitrogens with zero attached hydrogens (tertiary/aromatic N) is 7. The van der Waals surface area contributed by atoms with Gasteiger partial charge in [0.15, 0.2) is 15.8 Å². The Morgan fingerprint density at radius 3 is 2.82 bits per heavy atom. The lowest BCUT2D eigenvalue weighted by atomic mass is 10.1. The Morgan fingerprint density at radius 1 is 1.24 bits per heavy atom. The molecule has 1 saturated heterocycles. The molecule has 0 bridgehead atoms. The quantitative estimate of drug-likeness (QED) is 0.300. The lowest BCUT2D eigenvalue weighted by Gasteiger charge is -2.16. The summed E-state index contributed by atoms with van der Waals surface area (Å²) in [5.74, 6) is 2.23. The molecule has 33 heavy (non-hydrogen) atoms. The first kappa shape index (κ1) is 22.1. The molecule has 0 saturated carbocycles. The van der Waals surface area contributed by atoms with Gasteiger partial charge in [0.2, 0.25) is 0 Å². The van der Waals surface area contributed by atoms with Crippen LogP contribution < -0.4 is 0 Å². The van der Waals surface area contributed by atoms with Gasteiger partial charge in [0.25, 0.3) is 0 Å². The van der Waals surface area contributed by atoms with Crippen LogP contribution in [-0.2, 0) is 24.1 Å². The molecule has 4 heterocycles. The van der Waals surface area contributed by atoms with Gasteiger partial charge in [-0.1, -0.05) is 42.1 Å². The van der Waals surface area contributed by atoms with E-state index in [1.165, 1.54) is 5.56 Å². The molecule has 0 amide bonds. The molecule has 0 spiro atoms. The minimum absolute atomic E-state index is 0.0712. The maximum Gasteiger partial charge on any atom is 0.195 e. The van der Waals surface area contributed by atoms with Crippen molar-refractivity contribution in [3.63, 3.8) is 0 Å². The molecule has 4 aromatic rings. The minimum atomic E-state index is 0.0712. The molecule has 1 aliphatic rings. The Balaban J connectivity index is 1.41. The number of aromatic amines is 1. The Labute approximate surface area is 201 Å². The van der Waals surface area contributed by atoms with Crippen LogP contribution in [0.15, 0.2) is 47.8 Å². The van der Waals surface area contributed by atoms with Crippen molar-refractivity contribution < 1.29 is 4.74 Å². The summed E-state index contributed by atoms with van der Waals surface area (Å²) in [4.78, 5) is 0. The molecular formula is C22H26N8OS2. The average Bonchev–Trinajstić information content (AvgIpc) is 3.62. The van der Waals surface area contributed by atoms with Gasteiger partial charge in [-0.05, 0) is 43.6 Å². The average molecular weight is 483 g/mol. The zero-order chi connectivity index (χ0) is 22.8. The van der Waals surface area contributed by atoms with E-state index in [0.717, 1.165) is 41.9 Å². The molecule has 2 atom stereocenters. The zero-order valence-electron chi connectivity index (χ0n) is 18.6. The number of rotatable bonds is 8. The lowest BCUT2D eigenvalue weighted by Crippen LogP contribution is -2.17. The number of hydrogen-bond acceptors (Lipinski definition) is 7. The standard InChI is InChI=1S/C22H26N8OS2/c1-15(16-7-4-3-5-8-16)30-19(23-25-21(30)32)14-33-22-26-24-20(18-10-11-28(2)27-18)29(22)13-17-9-6-12-31-17/h3-5,7-8,10-11,15,17H,6,9,12-14H2,1-2H3,(H,25,32)/t15-,17-/m0/s1. The third-order valence-electron chi connectivity index (χ3n) is 5.85. The van der Waals surface area contributed by atoms with Gasteiger partial charge in [0.1, 0.15) is 11.5 Å². The monoisotopic (exact) mass is 482 g/mol. The molecule has 9 nitrogen and oxygen atoms in total. The Hall–Kier alpha value is -2.76. The number of benzene rings is 1. The van der Waals surface area contributed by atoms with Crippen LogP contribution in [0.25, 0.3) is 11.5 Å². The van der Waals surface area contributed by atoms with Crippen molar-refractivity contribution in [2.45, 2.75) is 49.4 Å². The highest BCUT2D eigenvalue weighted by atomic mass is 32.2. The van der Waals surface area contributed by atoms with Crippen LogP contribution in [0.5, 0.6) is 0 Å². The number of H-pyrrole nitrogens is 1. The molecule has 1 aromatic carbocycles. The topological polar surface area (TPSA) is 91.4 Å².